The fraction of sp³-hybridized carbons (Fsp3) is 0.0625. The highest BCUT2D eigenvalue weighted by molar-refractivity contribution is 5.54. The number of ether oxygens (including phenoxy) is 1. The van der Waals surface area contributed by atoms with Crippen LogP contribution in [0.25, 0.3) is 17.1 Å². The predicted molar refractivity (Wildman–Crippen MR) is 80.4 cm³/mol. The average molecular weight is 386 g/mol. The van der Waals surface area contributed by atoms with Gasteiger partial charge in [0, 0.05) is 0 Å². The molecule has 0 N–H and O–H groups in total. The molecule has 0 aliphatic carbocycles. The van der Waals surface area contributed by atoms with E-state index in [1.807, 2.05) is 0 Å². The second kappa shape index (κ2) is 6.67. The fourth-order valence-corrected chi connectivity index (χ4v) is 2.19. The number of hydrogen-bond donors (Lipinski definition) is 0. The van der Waals surface area contributed by atoms with E-state index in [0.717, 1.165) is 42.5 Å². The van der Waals surface area contributed by atoms with Gasteiger partial charge in [-0.15, -0.1) is 13.2 Å². The molecule has 0 aliphatic heterocycles. The van der Waals surface area contributed by atoms with Gasteiger partial charge < -0.3 is 9.15 Å². The van der Waals surface area contributed by atoms with E-state index in [4.69, 9.17) is 4.42 Å². The standard InChI is InChI=1S/C16H7F5N2O4/c17-10-2-1-3-11(18)12(10)13-22-14(24)23(15(25)26-13)8-4-6-9(7-5-8)27-16(19,20)21/h1-7H. The minimum Gasteiger partial charge on any atom is -0.406 e. The molecule has 3 aromatic rings. The number of nitrogens with zero attached hydrogens (tertiary/aromatic N) is 2. The lowest BCUT2D eigenvalue weighted by atomic mass is 10.2. The number of halogens is 5. The maximum Gasteiger partial charge on any atom is 0.573 e. The summed E-state index contributed by atoms with van der Waals surface area (Å²) in [5.41, 5.74) is -2.22. The molecule has 3 rings (SSSR count). The van der Waals surface area contributed by atoms with Crippen molar-refractivity contribution in [3.05, 3.63) is 75.1 Å². The van der Waals surface area contributed by atoms with E-state index < -0.39 is 46.6 Å². The Balaban J connectivity index is 2.04. The first-order valence-corrected chi connectivity index (χ1v) is 7.10. The first-order chi connectivity index (χ1) is 12.7. The van der Waals surface area contributed by atoms with Crippen molar-refractivity contribution in [3.8, 4) is 22.9 Å². The van der Waals surface area contributed by atoms with Crippen LogP contribution in [0.15, 0.2) is 56.5 Å². The van der Waals surface area contributed by atoms with Crippen LogP contribution < -0.4 is 16.2 Å². The first-order valence-electron chi connectivity index (χ1n) is 7.10. The molecule has 1 aromatic heterocycles. The van der Waals surface area contributed by atoms with E-state index in [2.05, 4.69) is 9.72 Å². The second-order valence-electron chi connectivity index (χ2n) is 5.04. The third-order valence-electron chi connectivity index (χ3n) is 3.26. The van der Waals surface area contributed by atoms with Crippen LogP contribution in [-0.2, 0) is 0 Å². The van der Waals surface area contributed by atoms with Gasteiger partial charge in [0.1, 0.15) is 22.9 Å². The monoisotopic (exact) mass is 386 g/mol. The van der Waals surface area contributed by atoms with E-state index in [9.17, 15) is 31.5 Å². The summed E-state index contributed by atoms with van der Waals surface area (Å²) < 4.78 is 72.7. The summed E-state index contributed by atoms with van der Waals surface area (Å²) in [4.78, 5) is 27.5. The van der Waals surface area contributed by atoms with Crippen molar-refractivity contribution in [1.29, 1.82) is 0 Å². The first kappa shape index (κ1) is 18.3. The molecule has 0 saturated heterocycles. The summed E-state index contributed by atoms with van der Waals surface area (Å²) >= 11 is 0. The Labute approximate surface area is 146 Å². The van der Waals surface area contributed by atoms with Gasteiger partial charge in [0.25, 0.3) is 0 Å². The van der Waals surface area contributed by atoms with Crippen LogP contribution in [0.5, 0.6) is 5.75 Å². The molecule has 0 bridgehead atoms. The maximum atomic E-state index is 13.7. The third kappa shape index (κ3) is 3.86. The molecular formula is C16H7F5N2O4. The molecule has 0 radical (unpaired) electrons. The van der Waals surface area contributed by atoms with Gasteiger partial charge >= 0.3 is 17.8 Å². The molecule has 140 valence electrons. The largest absolute Gasteiger partial charge is 0.573 e. The number of aromatic nitrogens is 2. The molecule has 11 heteroatoms. The van der Waals surface area contributed by atoms with Gasteiger partial charge in [0.2, 0.25) is 5.89 Å². The van der Waals surface area contributed by atoms with E-state index >= 15 is 0 Å². The maximum absolute atomic E-state index is 13.7. The minimum atomic E-state index is -4.91. The fourth-order valence-electron chi connectivity index (χ4n) is 2.19. The molecule has 0 atom stereocenters. The SMILES string of the molecule is O=c1nc(-c2c(F)cccc2F)oc(=O)n1-c1ccc(OC(F)(F)F)cc1. The molecule has 2 aromatic carbocycles. The molecule has 0 unspecified atom stereocenters. The van der Waals surface area contributed by atoms with Crippen molar-refractivity contribution >= 4 is 0 Å². The summed E-state index contributed by atoms with van der Waals surface area (Å²) in [5, 5.41) is 0. The zero-order valence-electron chi connectivity index (χ0n) is 13.0. The van der Waals surface area contributed by atoms with Gasteiger partial charge in [0.15, 0.2) is 0 Å². The van der Waals surface area contributed by atoms with Gasteiger partial charge in [-0.2, -0.15) is 9.55 Å². The minimum absolute atomic E-state index is 0.184. The molecule has 0 saturated carbocycles. The molecule has 6 nitrogen and oxygen atoms in total. The Morgan fingerprint density at radius 1 is 0.963 bits per heavy atom. The van der Waals surface area contributed by atoms with Crippen molar-refractivity contribution in [2.24, 2.45) is 0 Å². The molecule has 1 heterocycles. The van der Waals surface area contributed by atoms with Crippen LogP contribution in [0, 0.1) is 11.6 Å². The lowest BCUT2D eigenvalue weighted by Crippen LogP contribution is -2.33. The van der Waals surface area contributed by atoms with Crippen molar-refractivity contribution in [1.82, 2.24) is 9.55 Å². The summed E-state index contributed by atoms with van der Waals surface area (Å²) in [6.45, 7) is 0. The van der Waals surface area contributed by atoms with Crippen LogP contribution in [0.2, 0.25) is 0 Å². The molecule has 0 amide bonds. The molecular weight excluding hydrogens is 379 g/mol. The van der Waals surface area contributed by atoms with Crippen LogP contribution in [0.4, 0.5) is 22.0 Å². The van der Waals surface area contributed by atoms with Gasteiger partial charge in [-0.25, -0.2) is 18.4 Å². The highest BCUT2D eigenvalue weighted by Crippen LogP contribution is 2.24. The van der Waals surface area contributed by atoms with Gasteiger partial charge in [-0.3, -0.25) is 0 Å². The van der Waals surface area contributed by atoms with Crippen molar-refractivity contribution < 1.29 is 31.1 Å². The highest BCUT2D eigenvalue weighted by Gasteiger charge is 2.31. The Kier molecular flexibility index (Phi) is 4.52. The van der Waals surface area contributed by atoms with Crippen LogP contribution >= 0.6 is 0 Å². The number of hydrogen-bond acceptors (Lipinski definition) is 5. The Morgan fingerprint density at radius 2 is 1.56 bits per heavy atom. The van der Waals surface area contributed by atoms with E-state index in [1.165, 1.54) is 0 Å². The number of alkyl halides is 3. The third-order valence-corrected chi connectivity index (χ3v) is 3.26. The van der Waals surface area contributed by atoms with Gasteiger partial charge in [-0.05, 0) is 36.4 Å². The molecule has 0 aliphatic rings. The van der Waals surface area contributed by atoms with Crippen LogP contribution in [-0.4, -0.2) is 15.9 Å². The van der Waals surface area contributed by atoms with E-state index in [0.29, 0.717) is 4.57 Å². The Hall–Kier alpha value is -3.50. The lowest BCUT2D eigenvalue weighted by molar-refractivity contribution is -0.274. The number of rotatable bonds is 3. The molecule has 27 heavy (non-hydrogen) atoms. The lowest BCUT2D eigenvalue weighted by Gasteiger charge is -2.09. The van der Waals surface area contributed by atoms with Crippen LogP contribution in [0.1, 0.15) is 0 Å². The van der Waals surface area contributed by atoms with Crippen molar-refractivity contribution in [3.63, 3.8) is 0 Å². The van der Waals surface area contributed by atoms with Gasteiger partial charge in [-0.1, -0.05) is 6.07 Å². The van der Waals surface area contributed by atoms with E-state index in [1.54, 1.807) is 0 Å². The van der Waals surface area contributed by atoms with Crippen molar-refractivity contribution in [2.75, 3.05) is 0 Å². The average Bonchev–Trinajstić information content (AvgIpc) is 2.54. The quantitative estimate of drug-likeness (QED) is 0.647. The zero-order valence-corrected chi connectivity index (χ0v) is 13.0. The number of benzene rings is 2. The normalized spacial score (nSPS) is 11.4. The predicted octanol–water partition coefficient (Wildman–Crippen LogP) is 3.03. The Morgan fingerprint density at radius 3 is 2.07 bits per heavy atom. The van der Waals surface area contributed by atoms with E-state index in [-0.39, 0.29) is 5.69 Å². The summed E-state index contributed by atoms with van der Waals surface area (Å²) in [7, 11) is 0. The smallest absolute Gasteiger partial charge is 0.406 e. The Bertz CT molecular complexity index is 1050. The molecule has 0 spiro atoms. The topological polar surface area (TPSA) is 74.3 Å². The molecule has 0 fully saturated rings. The summed E-state index contributed by atoms with van der Waals surface area (Å²) in [6, 6.07) is 6.50. The highest BCUT2D eigenvalue weighted by atomic mass is 19.4. The zero-order chi connectivity index (χ0) is 19.8. The van der Waals surface area contributed by atoms with Gasteiger partial charge in [0.05, 0.1) is 5.69 Å². The van der Waals surface area contributed by atoms with Crippen molar-refractivity contribution in [2.45, 2.75) is 6.36 Å². The summed E-state index contributed by atoms with van der Waals surface area (Å²) in [5.74, 6) is -4.99. The van der Waals surface area contributed by atoms with Crippen LogP contribution in [0.3, 0.4) is 0 Å². The summed E-state index contributed by atoms with van der Waals surface area (Å²) in [6.07, 6.45) is -4.91. The second-order valence-corrected chi connectivity index (χ2v) is 5.04.